The summed E-state index contributed by atoms with van der Waals surface area (Å²) in [4.78, 5) is 9.07. The third-order valence-corrected chi connectivity index (χ3v) is 4.93. The number of hydrogen-bond acceptors (Lipinski definition) is 4. The van der Waals surface area contributed by atoms with Gasteiger partial charge in [-0.1, -0.05) is 13.3 Å². The Labute approximate surface area is 162 Å². The summed E-state index contributed by atoms with van der Waals surface area (Å²) in [7, 11) is 0. The van der Waals surface area contributed by atoms with E-state index in [2.05, 4.69) is 23.4 Å². The molecule has 144 valence electrons. The number of halogens is 1. The summed E-state index contributed by atoms with van der Waals surface area (Å²) in [6, 6.07) is 10.5. The molecule has 3 heterocycles. The number of nitrogens with zero attached hydrogens (tertiary/aromatic N) is 5. The van der Waals surface area contributed by atoms with Gasteiger partial charge in [0.05, 0.1) is 17.6 Å². The molecule has 0 amide bonds. The molecular weight excluding hydrogens is 355 g/mol. The van der Waals surface area contributed by atoms with Gasteiger partial charge in [0.15, 0.2) is 5.65 Å². The van der Waals surface area contributed by atoms with Crippen molar-refractivity contribution in [2.24, 2.45) is 0 Å². The standard InChI is InChI=1S/C21H23FN6/c1-4-5-13(2)28-14(3)24-20(15-6-8-16(22)9-7-15)21(28)17-10-11-19-25-18(23)12-27(19)26-17/h6-13H,4-5,23H2,1-3H3. The van der Waals surface area contributed by atoms with Crippen LogP contribution >= 0.6 is 0 Å². The molecule has 0 aliphatic heterocycles. The molecule has 7 heteroatoms. The fourth-order valence-electron chi connectivity index (χ4n) is 3.71. The summed E-state index contributed by atoms with van der Waals surface area (Å²) in [6.45, 7) is 6.35. The number of anilines is 1. The van der Waals surface area contributed by atoms with E-state index in [0.717, 1.165) is 41.3 Å². The largest absolute Gasteiger partial charge is 0.382 e. The van der Waals surface area contributed by atoms with Crippen molar-refractivity contribution in [2.75, 3.05) is 5.73 Å². The average molecular weight is 378 g/mol. The molecule has 0 saturated heterocycles. The Morgan fingerprint density at radius 1 is 1.11 bits per heavy atom. The maximum atomic E-state index is 13.5. The molecule has 0 spiro atoms. The predicted octanol–water partition coefficient (Wildman–Crippen LogP) is 4.65. The van der Waals surface area contributed by atoms with E-state index in [-0.39, 0.29) is 11.9 Å². The zero-order chi connectivity index (χ0) is 19.8. The van der Waals surface area contributed by atoms with Gasteiger partial charge in [-0.15, -0.1) is 0 Å². The summed E-state index contributed by atoms with van der Waals surface area (Å²) in [5.41, 5.74) is 9.83. The zero-order valence-electron chi connectivity index (χ0n) is 16.2. The van der Waals surface area contributed by atoms with Gasteiger partial charge in [0, 0.05) is 11.6 Å². The van der Waals surface area contributed by atoms with Crippen LogP contribution in [-0.2, 0) is 0 Å². The van der Waals surface area contributed by atoms with E-state index in [0.29, 0.717) is 11.5 Å². The fourth-order valence-corrected chi connectivity index (χ4v) is 3.71. The smallest absolute Gasteiger partial charge is 0.156 e. The molecule has 0 fully saturated rings. The molecule has 0 bridgehead atoms. The van der Waals surface area contributed by atoms with Crippen LogP contribution in [0.1, 0.15) is 38.6 Å². The van der Waals surface area contributed by atoms with Crippen molar-refractivity contribution >= 4 is 11.5 Å². The van der Waals surface area contributed by atoms with Crippen LogP contribution in [0.2, 0.25) is 0 Å². The third-order valence-electron chi connectivity index (χ3n) is 4.93. The maximum Gasteiger partial charge on any atom is 0.156 e. The first kappa shape index (κ1) is 18.2. The van der Waals surface area contributed by atoms with Crippen molar-refractivity contribution < 1.29 is 4.39 Å². The summed E-state index contributed by atoms with van der Waals surface area (Å²) >= 11 is 0. The van der Waals surface area contributed by atoms with Gasteiger partial charge in [0.1, 0.15) is 23.2 Å². The van der Waals surface area contributed by atoms with Gasteiger partial charge in [-0.2, -0.15) is 5.10 Å². The maximum absolute atomic E-state index is 13.5. The van der Waals surface area contributed by atoms with Crippen LogP contribution in [0.25, 0.3) is 28.3 Å². The lowest BCUT2D eigenvalue weighted by atomic mass is 10.1. The molecule has 0 saturated carbocycles. The van der Waals surface area contributed by atoms with Crippen molar-refractivity contribution in [2.45, 2.75) is 39.7 Å². The minimum atomic E-state index is -0.269. The Bertz CT molecular complexity index is 1130. The van der Waals surface area contributed by atoms with Crippen LogP contribution in [-0.4, -0.2) is 24.1 Å². The van der Waals surface area contributed by atoms with Gasteiger partial charge < -0.3 is 10.3 Å². The lowest BCUT2D eigenvalue weighted by Crippen LogP contribution is -2.10. The number of aryl methyl sites for hydroxylation is 1. The summed E-state index contributed by atoms with van der Waals surface area (Å²) in [5, 5.41) is 4.73. The van der Waals surface area contributed by atoms with Crippen LogP contribution in [0, 0.1) is 12.7 Å². The molecule has 1 unspecified atom stereocenters. The third kappa shape index (κ3) is 3.13. The second-order valence-corrected chi connectivity index (χ2v) is 7.06. The Morgan fingerprint density at radius 2 is 1.86 bits per heavy atom. The zero-order valence-corrected chi connectivity index (χ0v) is 16.2. The second kappa shape index (κ2) is 7.07. The lowest BCUT2D eigenvalue weighted by Gasteiger charge is -2.18. The summed E-state index contributed by atoms with van der Waals surface area (Å²) in [5.74, 6) is 1.06. The Hall–Kier alpha value is -3.22. The Kier molecular flexibility index (Phi) is 4.58. The lowest BCUT2D eigenvalue weighted by molar-refractivity contribution is 0.493. The number of hydrogen-bond donors (Lipinski definition) is 1. The highest BCUT2D eigenvalue weighted by Gasteiger charge is 2.22. The minimum absolute atomic E-state index is 0.257. The summed E-state index contributed by atoms with van der Waals surface area (Å²) in [6.07, 6.45) is 3.78. The van der Waals surface area contributed by atoms with Gasteiger partial charge in [-0.05, 0) is 56.7 Å². The number of rotatable bonds is 5. The number of imidazole rings is 2. The van der Waals surface area contributed by atoms with E-state index in [1.807, 2.05) is 19.1 Å². The number of aromatic nitrogens is 5. The first-order valence-electron chi connectivity index (χ1n) is 9.45. The van der Waals surface area contributed by atoms with E-state index in [4.69, 9.17) is 15.8 Å². The van der Waals surface area contributed by atoms with Crippen molar-refractivity contribution in [3.05, 3.63) is 54.2 Å². The number of benzene rings is 1. The minimum Gasteiger partial charge on any atom is -0.382 e. The highest BCUT2D eigenvalue weighted by atomic mass is 19.1. The Morgan fingerprint density at radius 3 is 2.57 bits per heavy atom. The molecule has 1 atom stereocenters. The van der Waals surface area contributed by atoms with Gasteiger partial charge in [0.2, 0.25) is 0 Å². The first-order chi connectivity index (χ1) is 13.5. The first-order valence-corrected chi connectivity index (χ1v) is 9.45. The SMILES string of the molecule is CCCC(C)n1c(C)nc(-c2ccc(F)cc2)c1-c1ccc2nc(N)cn2n1. The monoisotopic (exact) mass is 378 g/mol. The van der Waals surface area contributed by atoms with Crippen molar-refractivity contribution in [3.63, 3.8) is 0 Å². The topological polar surface area (TPSA) is 74.0 Å². The summed E-state index contributed by atoms with van der Waals surface area (Å²) < 4.78 is 17.4. The van der Waals surface area contributed by atoms with Gasteiger partial charge >= 0.3 is 0 Å². The molecule has 28 heavy (non-hydrogen) atoms. The van der Waals surface area contributed by atoms with E-state index >= 15 is 0 Å². The molecule has 4 aromatic rings. The number of nitrogens with two attached hydrogens (primary N) is 1. The van der Waals surface area contributed by atoms with Crippen molar-refractivity contribution in [1.82, 2.24) is 24.1 Å². The molecule has 0 radical (unpaired) electrons. The van der Waals surface area contributed by atoms with Crippen LogP contribution in [0.15, 0.2) is 42.6 Å². The van der Waals surface area contributed by atoms with Crippen LogP contribution < -0.4 is 5.73 Å². The number of nitrogen functional groups attached to an aromatic ring is 1. The second-order valence-electron chi connectivity index (χ2n) is 7.06. The molecular formula is C21H23FN6. The Balaban J connectivity index is 1.96. The predicted molar refractivity (Wildman–Crippen MR) is 108 cm³/mol. The fraction of sp³-hybridized carbons (Fsp3) is 0.286. The van der Waals surface area contributed by atoms with Gasteiger partial charge in [-0.3, -0.25) is 0 Å². The van der Waals surface area contributed by atoms with Crippen LogP contribution in [0.5, 0.6) is 0 Å². The normalized spacial score (nSPS) is 12.6. The van der Waals surface area contributed by atoms with E-state index in [9.17, 15) is 4.39 Å². The molecule has 4 rings (SSSR count). The molecule has 6 nitrogen and oxygen atoms in total. The van der Waals surface area contributed by atoms with E-state index < -0.39 is 0 Å². The van der Waals surface area contributed by atoms with Gasteiger partial charge in [-0.25, -0.2) is 18.9 Å². The van der Waals surface area contributed by atoms with Gasteiger partial charge in [0.25, 0.3) is 0 Å². The molecule has 0 aliphatic rings. The van der Waals surface area contributed by atoms with Crippen molar-refractivity contribution in [1.29, 1.82) is 0 Å². The van der Waals surface area contributed by atoms with E-state index in [1.54, 1.807) is 22.8 Å². The number of fused-ring (bicyclic) bond motifs is 1. The highest BCUT2D eigenvalue weighted by Crippen LogP contribution is 2.35. The molecule has 3 aromatic heterocycles. The molecule has 1 aromatic carbocycles. The molecule has 0 aliphatic carbocycles. The van der Waals surface area contributed by atoms with E-state index in [1.165, 1.54) is 12.1 Å². The van der Waals surface area contributed by atoms with Crippen molar-refractivity contribution in [3.8, 4) is 22.6 Å². The highest BCUT2D eigenvalue weighted by molar-refractivity contribution is 5.77. The van der Waals surface area contributed by atoms with Crippen LogP contribution in [0.4, 0.5) is 10.2 Å². The average Bonchev–Trinajstić information content (AvgIpc) is 3.20. The quantitative estimate of drug-likeness (QED) is 0.548. The molecule has 2 N–H and O–H groups in total. The van der Waals surface area contributed by atoms with Crippen LogP contribution in [0.3, 0.4) is 0 Å².